The van der Waals surface area contributed by atoms with E-state index in [1.807, 2.05) is 0 Å². The minimum Gasteiger partial charge on any atom is -0.221 e. The molecular formula is C36H33N2+. The minimum atomic E-state index is 0.0866. The molecule has 1 aliphatic heterocycles. The van der Waals surface area contributed by atoms with Crippen LogP contribution in [0.2, 0.25) is 0 Å². The first-order valence-electron chi connectivity index (χ1n) is 13.4. The Balaban J connectivity index is 1.63. The molecule has 0 saturated carbocycles. The molecule has 2 atom stereocenters. The zero-order valence-electron chi connectivity index (χ0n) is 22.3. The third kappa shape index (κ3) is 4.33. The second-order valence-electron chi connectivity index (χ2n) is 10.3. The van der Waals surface area contributed by atoms with Crippen LogP contribution in [0.15, 0.2) is 127 Å². The van der Waals surface area contributed by atoms with Crippen LogP contribution in [-0.2, 0) is 0 Å². The van der Waals surface area contributed by atoms with Gasteiger partial charge in [-0.25, -0.2) is 9.48 Å². The number of hydrogen-bond acceptors (Lipinski definition) is 1. The molecule has 1 heterocycles. The summed E-state index contributed by atoms with van der Waals surface area (Å²) in [5.74, 6) is 0. The summed E-state index contributed by atoms with van der Waals surface area (Å²) in [5, 5.41) is 0. The number of hydrogen-bond donors (Lipinski definition) is 0. The Labute approximate surface area is 226 Å². The third-order valence-electron chi connectivity index (χ3n) is 7.59. The second kappa shape index (κ2) is 10.1. The van der Waals surface area contributed by atoms with Crippen molar-refractivity contribution in [3.63, 3.8) is 0 Å². The number of benzene rings is 5. The highest BCUT2D eigenvalue weighted by molar-refractivity contribution is 5.90. The van der Waals surface area contributed by atoms with Gasteiger partial charge in [-0.2, -0.15) is 0 Å². The predicted molar refractivity (Wildman–Crippen MR) is 159 cm³/mol. The molecule has 0 saturated heterocycles. The first-order valence-corrected chi connectivity index (χ1v) is 13.4. The molecule has 2 nitrogen and oxygen atoms in total. The largest absolute Gasteiger partial charge is 0.245 e. The minimum absolute atomic E-state index is 0.0866. The highest BCUT2D eigenvalue weighted by atomic mass is 15.3. The molecule has 2 heteroatoms. The molecule has 0 radical (unpaired) electrons. The molecule has 5 aromatic carbocycles. The molecule has 0 bridgehead atoms. The van der Waals surface area contributed by atoms with Gasteiger partial charge in [0.2, 0.25) is 6.34 Å². The molecule has 6 rings (SSSR count). The Hall–Kier alpha value is -4.43. The van der Waals surface area contributed by atoms with Crippen molar-refractivity contribution < 1.29 is 4.58 Å². The lowest BCUT2D eigenvalue weighted by Gasteiger charge is -2.26. The van der Waals surface area contributed by atoms with E-state index in [0.717, 1.165) is 0 Å². The van der Waals surface area contributed by atoms with Crippen molar-refractivity contribution in [1.29, 1.82) is 0 Å². The average Bonchev–Trinajstić information content (AvgIpc) is 3.34. The van der Waals surface area contributed by atoms with Crippen LogP contribution in [0.4, 0.5) is 11.4 Å². The average molecular weight is 494 g/mol. The highest BCUT2D eigenvalue weighted by Gasteiger charge is 2.47. The number of aryl methyl sites for hydroxylation is 3. The lowest BCUT2D eigenvalue weighted by molar-refractivity contribution is -0.482. The van der Waals surface area contributed by atoms with E-state index >= 15 is 0 Å². The Bertz CT molecular complexity index is 1560. The first-order chi connectivity index (χ1) is 18.6. The maximum Gasteiger partial charge on any atom is 0.245 e. The van der Waals surface area contributed by atoms with Gasteiger partial charge in [-0.3, -0.25) is 0 Å². The fourth-order valence-electron chi connectivity index (χ4n) is 6.12. The van der Waals surface area contributed by atoms with E-state index in [0.29, 0.717) is 0 Å². The van der Waals surface area contributed by atoms with E-state index < -0.39 is 0 Å². The molecule has 0 aliphatic carbocycles. The number of nitrogens with zero attached hydrogens (tertiary/aromatic N) is 2. The summed E-state index contributed by atoms with van der Waals surface area (Å²) in [6.45, 7) is 6.66. The smallest absolute Gasteiger partial charge is 0.221 e. The van der Waals surface area contributed by atoms with Crippen molar-refractivity contribution in [1.82, 2.24) is 0 Å². The molecule has 0 amide bonds. The second-order valence-corrected chi connectivity index (χ2v) is 10.3. The van der Waals surface area contributed by atoms with E-state index in [4.69, 9.17) is 0 Å². The molecule has 0 spiro atoms. The number of para-hydroxylation sites is 1. The summed E-state index contributed by atoms with van der Waals surface area (Å²) < 4.78 is 2.51. The molecule has 38 heavy (non-hydrogen) atoms. The zero-order chi connectivity index (χ0) is 26.1. The van der Waals surface area contributed by atoms with E-state index in [1.54, 1.807) is 0 Å². The molecular weight excluding hydrogens is 460 g/mol. The van der Waals surface area contributed by atoms with Gasteiger partial charge in [0.15, 0.2) is 12.1 Å². The van der Waals surface area contributed by atoms with Crippen molar-refractivity contribution in [2.45, 2.75) is 32.9 Å². The Kier molecular flexibility index (Phi) is 6.39. The van der Waals surface area contributed by atoms with Gasteiger partial charge >= 0.3 is 0 Å². The standard InChI is InChI=1S/C36H33N2/c1-26-23-27(2)34(28(3)24-26)38-25-37(33-22-14-13-21-32(33)29-15-7-4-8-16-29)35(30-17-9-5-10-18-30)36(38)31-19-11-6-12-20-31/h4-25,35-36H,1-3H3/q+1. The molecule has 2 unspecified atom stereocenters. The van der Waals surface area contributed by atoms with Crippen molar-refractivity contribution in [2.24, 2.45) is 0 Å². The first kappa shape index (κ1) is 23.9. The van der Waals surface area contributed by atoms with Gasteiger partial charge < -0.3 is 0 Å². The fourth-order valence-corrected chi connectivity index (χ4v) is 6.12. The maximum absolute atomic E-state index is 2.51. The van der Waals surface area contributed by atoms with Gasteiger partial charge in [-0.05, 0) is 43.5 Å². The van der Waals surface area contributed by atoms with Crippen molar-refractivity contribution in [3.8, 4) is 11.1 Å². The van der Waals surface area contributed by atoms with Crippen LogP contribution in [0.1, 0.15) is 39.9 Å². The van der Waals surface area contributed by atoms with Crippen molar-refractivity contribution in [2.75, 3.05) is 4.90 Å². The summed E-state index contributed by atoms with van der Waals surface area (Å²) in [4.78, 5) is 2.49. The maximum atomic E-state index is 2.51. The molecule has 1 aliphatic rings. The third-order valence-corrected chi connectivity index (χ3v) is 7.59. The van der Waals surface area contributed by atoms with Crippen molar-refractivity contribution in [3.05, 3.63) is 155 Å². The lowest BCUT2D eigenvalue weighted by Crippen LogP contribution is -2.26. The van der Waals surface area contributed by atoms with Crippen LogP contribution in [0.25, 0.3) is 11.1 Å². The van der Waals surface area contributed by atoms with Crippen LogP contribution in [0.3, 0.4) is 0 Å². The van der Waals surface area contributed by atoms with Crippen LogP contribution in [0, 0.1) is 20.8 Å². The number of anilines is 1. The number of rotatable bonds is 5. The quantitative estimate of drug-likeness (QED) is 0.221. The van der Waals surface area contributed by atoms with Gasteiger partial charge in [0.05, 0.1) is 0 Å². The molecule has 0 aromatic heterocycles. The summed E-state index contributed by atoms with van der Waals surface area (Å²) in [5.41, 5.74) is 11.4. The molecule has 186 valence electrons. The van der Waals surface area contributed by atoms with Gasteiger partial charge in [-0.1, -0.05) is 127 Å². The zero-order valence-corrected chi connectivity index (χ0v) is 22.3. The van der Waals surface area contributed by atoms with Crippen molar-refractivity contribution >= 4 is 17.7 Å². The lowest BCUT2D eigenvalue weighted by atomic mass is 9.91. The monoisotopic (exact) mass is 493 g/mol. The van der Waals surface area contributed by atoms with E-state index in [1.165, 1.54) is 50.3 Å². The van der Waals surface area contributed by atoms with E-state index in [2.05, 4.69) is 164 Å². The normalized spacial score (nSPS) is 16.9. The summed E-state index contributed by atoms with van der Waals surface area (Å²) in [6, 6.07) is 46.2. The van der Waals surface area contributed by atoms with Gasteiger partial charge in [0, 0.05) is 16.7 Å². The SMILES string of the molecule is Cc1cc(C)c([N+]2=CN(c3ccccc3-c3ccccc3)C(c3ccccc3)C2c2ccccc2)c(C)c1. The predicted octanol–water partition coefficient (Wildman–Crippen LogP) is 8.95. The van der Waals surface area contributed by atoms with Crippen LogP contribution < -0.4 is 4.90 Å². The van der Waals surface area contributed by atoms with Crippen LogP contribution in [0.5, 0.6) is 0 Å². The topological polar surface area (TPSA) is 6.25 Å². The Morgan fingerprint density at radius 2 is 1.11 bits per heavy atom. The summed E-state index contributed by atoms with van der Waals surface area (Å²) in [6.07, 6.45) is 2.35. The van der Waals surface area contributed by atoms with Crippen LogP contribution in [-0.4, -0.2) is 10.9 Å². The highest BCUT2D eigenvalue weighted by Crippen LogP contribution is 2.48. The summed E-state index contributed by atoms with van der Waals surface area (Å²) in [7, 11) is 0. The fraction of sp³-hybridized carbons (Fsp3) is 0.139. The molecule has 0 N–H and O–H groups in total. The molecule has 5 aromatic rings. The summed E-state index contributed by atoms with van der Waals surface area (Å²) >= 11 is 0. The Morgan fingerprint density at radius 3 is 1.74 bits per heavy atom. The van der Waals surface area contributed by atoms with E-state index in [9.17, 15) is 0 Å². The Morgan fingerprint density at radius 1 is 0.579 bits per heavy atom. The van der Waals surface area contributed by atoms with Gasteiger partial charge in [0.1, 0.15) is 11.4 Å². The van der Waals surface area contributed by atoms with Gasteiger partial charge in [0.25, 0.3) is 0 Å². The van der Waals surface area contributed by atoms with Crippen LogP contribution >= 0.6 is 0 Å². The molecule has 0 fully saturated rings. The van der Waals surface area contributed by atoms with Gasteiger partial charge in [-0.15, -0.1) is 0 Å². The van der Waals surface area contributed by atoms with E-state index in [-0.39, 0.29) is 12.1 Å².